The lowest BCUT2D eigenvalue weighted by Crippen LogP contribution is -2.34. The average molecular weight is 335 g/mol. The van der Waals surface area contributed by atoms with Gasteiger partial charge in [-0.15, -0.1) is 11.3 Å². The second kappa shape index (κ2) is 8.03. The number of hydrogen-bond donors (Lipinski definition) is 0. The smallest absolute Gasteiger partial charge is 0.325 e. The number of thiazole rings is 1. The molecule has 1 heterocycles. The summed E-state index contributed by atoms with van der Waals surface area (Å²) >= 11 is 1.67. The van der Waals surface area contributed by atoms with Crippen LogP contribution in [0.5, 0.6) is 0 Å². The number of amides is 1. The maximum absolute atomic E-state index is 12.0. The molecule has 6 nitrogen and oxygen atoms in total. The van der Waals surface area contributed by atoms with Crippen LogP contribution in [-0.4, -0.2) is 61.0 Å². The Hall–Kier alpha value is -1.99. The minimum Gasteiger partial charge on any atom is -0.468 e. The molecule has 1 aromatic carbocycles. The van der Waals surface area contributed by atoms with E-state index < -0.39 is 5.97 Å². The maximum Gasteiger partial charge on any atom is 0.325 e. The van der Waals surface area contributed by atoms with E-state index in [4.69, 9.17) is 0 Å². The number of para-hydroxylation sites is 1. The van der Waals surface area contributed by atoms with E-state index >= 15 is 0 Å². The van der Waals surface area contributed by atoms with Gasteiger partial charge in [0, 0.05) is 20.0 Å². The highest BCUT2D eigenvalue weighted by atomic mass is 32.1. The third-order valence-electron chi connectivity index (χ3n) is 3.47. The van der Waals surface area contributed by atoms with Gasteiger partial charge in [0.15, 0.2) is 0 Å². The van der Waals surface area contributed by atoms with Crippen molar-refractivity contribution in [1.82, 2.24) is 14.8 Å². The van der Waals surface area contributed by atoms with Gasteiger partial charge < -0.3 is 9.64 Å². The number of aromatic nitrogens is 1. The Morgan fingerprint density at radius 1 is 1.26 bits per heavy atom. The van der Waals surface area contributed by atoms with Gasteiger partial charge in [0.05, 0.1) is 23.9 Å². The van der Waals surface area contributed by atoms with Gasteiger partial charge >= 0.3 is 5.97 Å². The van der Waals surface area contributed by atoms with Crippen LogP contribution in [0.4, 0.5) is 0 Å². The highest BCUT2D eigenvalue weighted by molar-refractivity contribution is 7.18. The third kappa shape index (κ3) is 5.01. The number of hydrogen-bond acceptors (Lipinski definition) is 6. The van der Waals surface area contributed by atoms with E-state index in [1.807, 2.05) is 25.2 Å². The molecular formula is C16H21N3O3S. The standard InChI is InChI=1S/C16H21N3O3S/c1-18(9-8-15(20)19(2)11-16(21)22-3)10-14-17-12-6-4-5-7-13(12)23-14/h4-7H,8-11H2,1-3H3. The van der Waals surface area contributed by atoms with Crippen LogP contribution in [0.1, 0.15) is 11.4 Å². The topological polar surface area (TPSA) is 62.7 Å². The van der Waals surface area contributed by atoms with Crippen molar-refractivity contribution in [1.29, 1.82) is 0 Å². The van der Waals surface area contributed by atoms with Crippen LogP contribution in [-0.2, 0) is 20.9 Å². The van der Waals surface area contributed by atoms with E-state index in [1.54, 1.807) is 18.4 Å². The predicted octanol–water partition coefficient (Wildman–Crippen LogP) is 1.75. The van der Waals surface area contributed by atoms with Crippen molar-refractivity contribution in [3.8, 4) is 0 Å². The van der Waals surface area contributed by atoms with Crippen LogP contribution in [0.25, 0.3) is 10.2 Å². The summed E-state index contributed by atoms with van der Waals surface area (Å²) in [5.41, 5.74) is 1.01. The number of benzene rings is 1. The van der Waals surface area contributed by atoms with Crippen molar-refractivity contribution in [3.63, 3.8) is 0 Å². The summed E-state index contributed by atoms with van der Waals surface area (Å²) in [6.45, 7) is 1.30. The van der Waals surface area contributed by atoms with Gasteiger partial charge in [0.1, 0.15) is 11.6 Å². The normalized spacial score (nSPS) is 11.0. The second-order valence-corrected chi connectivity index (χ2v) is 6.50. The van der Waals surface area contributed by atoms with Crippen LogP contribution in [0.15, 0.2) is 24.3 Å². The molecule has 0 aliphatic rings. The Labute approximate surface area is 139 Å². The van der Waals surface area contributed by atoms with E-state index in [1.165, 1.54) is 16.7 Å². The van der Waals surface area contributed by atoms with Gasteiger partial charge in [-0.2, -0.15) is 0 Å². The molecule has 0 saturated heterocycles. The molecule has 0 atom stereocenters. The van der Waals surface area contributed by atoms with E-state index in [9.17, 15) is 9.59 Å². The zero-order chi connectivity index (χ0) is 16.8. The Morgan fingerprint density at radius 3 is 2.70 bits per heavy atom. The van der Waals surface area contributed by atoms with Crippen molar-refractivity contribution >= 4 is 33.4 Å². The summed E-state index contributed by atoms with van der Waals surface area (Å²) in [6, 6.07) is 8.04. The minimum absolute atomic E-state index is 0.0169. The highest BCUT2D eigenvalue weighted by Gasteiger charge is 2.14. The third-order valence-corrected chi connectivity index (χ3v) is 4.49. The van der Waals surface area contributed by atoms with Crippen molar-refractivity contribution < 1.29 is 14.3 Å². The Bertz CT molecular complexity index is 653. The number of carbonyl (C=O) groups is 2. The fraction of sp³-hybridized carbons (Fsp3) is 0.438. The SMILES string of the molecule is COC(=O)CN(C)C(=O)CCN(C)Cc1nc2ccccc2s1. The molecule has 0 N–H and O–H groups in total. The molecule has 1 aromatic heterocycles. The van der Waals surface area contributed by atoms with Gasteiger partial charge in [0.25, 0.3) is 0 Å². The largest absolute Gasteiger partial charge is 0.468 e. The van der Waals surface area contributed by atoms with E-state index in [0.29, 0.717) is 19.5 Å². The van der Waals surface area contributed by atoms with Crippen molar-refractivity contribution in [2.75, 3.05) is 34.3 Å². The van der Waals surface area contributed by atoms with Crippen LogP contribution in [0.2, 0.25) is 0 Å². The first-order chi connectivity index (χ1) is 11.0. The van der Waals surface area contributed by atoms with Crippen LogP contribution in [0, 0.1) is 0 Å². The molecule has 1 amide bonds. The first-order valence-corrected chi connectivity index (χ1v) is 8.15. The molecule has 0 aliphatic carbocycles. The number of likely N-dealkylation sites (N-methyl/N-ethyl adjacent to an activating group) is 1. The first kappa shape index (κ1) is 17.4. The Morgan fingerprint density at radius 2 is 2.00 bits per heavy atom. The number of methoxy groups -OCH3 is 1. The predicted molar refractivity (Wildman–Crippen MR) is 90.2 cm³/mol. The monoisotopic (exact) mass is 335 g/mol. The van der Waals surface area contributed by atoms with Crippen molar-refractivity contribution in [2.24, 2.45) is 0 Å². The zero-order valence-electron chi connectivity index (χ0n) is 13.6. The average Bonchev–Trinajstić information content (AvgIpc) is 2.94. The first-order valence-electron chi connectivity index (χ1n) is 7.33. The van der Waals surface area contributed by atoms with Crippen LogP contribution >= 0.6 is 11.3 Å². The number of esters is 1. The second-order valence-electron chi connectivity index (χ2n) is 5.39. The number of nitrogens with zero attached hydrogens (tertiary/aromatic N) is 3. The summed E-state index contributed by atoms with van der Waals surface area (Å²) in [5, 5.41) is 1.03. The fourth-order valence-electron chi connectivity index (χ4n) is 2.12. The minimum atomic E-state index is -0.413. The molecule has 0 saturated carbocycles. The van der Waals surface area contributed by atoms with Gasteiger partial charge in [-0.1, -0.05) is 12.1 Å². The van der Waals surface area contributed by atoms with Gasteiger partial charge in [-0.3, -0.25) is 14.5 Å². The summed E-state index contributed by atoms with van der Waals surface area (Å²) in [5.74, 6) is -0.491. The molecular weight excluding hydrogens is 314 g/mol. The molecule has 2 aromatic rings. The number of carbonyl (C=O) groups excluding carboxylic acids is 2. The quantitative estimate of drug-likeness (QED) is 0.722. The summed E-state index contributed by atoms with van der Waals surface area (Å²) < 4.78 is 5.73. The summed E-state index contributed by atoms with van der Waals surface area (Å²) in [4.78, 5) is 31.2. The van der Waals surface area contributed by atoms with Gasteiger partial charge in [-0.05, 0) is 19.2 Å². The van der Waals surface area contributed by atoms with Gasteiger partial charge in [-0.25, -0.2) is 4.98 Å². The zero-order valence-corrected chi connectivity index (χ0v) is 14.4. The molecule has 124 valence electrons. The lowest BCUT2D eigenvalue weighted by Gasteiger charge is -2.18. The van der Waals surface area contributed by atoms with Crippen molar-refractivity contribution in [2.45, 2.75) is 13.0 Å². The summed E-state index contributed by atoms with van der Waals surface area (Å²) in [6.07, 6.45) is 0.356. The number of rotatable bonds is 7. The molecule has 0 spiro atoms. The lowest BCUT2D eigenvalue weighted by atomic mass is 10.3. The van der Waals surface area contributed by atoms with Crippen LogP contribution in [0.3, 0.4) is 0 Å². The molecule has 0 aliphatic heterocycles. The number of fused-ring (bicyclic) bond motifs is 1. The molecule has 2 rings (SSSR count). The van der Waals surface area contributed by atoms with E-state index in [2.05, 4.69) is 20.7 Å². The molecule has 7 heteroatoms. The highest BCUT2D eigenvalue weighted by Crippen LogP contribution is 2.22. The Balaban J connectivity index is 1.81. The lowest BCUT2D eigenvalue weighted by molar-refractivity contribution is -0.146. The number of ether oxygens (including phenoxy) is 1. The molecule has 23 heavy (non-hydrogen) atoms. The van der Waals surface area contributed by atoms with Gasteiger partial charge in [0.2, 0.25) is 5.91 Å². The summed E-state index contributed by atoms with van der Waals surface area (Å²) in [7, 11) is 4.87. The van der Waals surface area contributed by atoms with E-state index in [-0.39, 0.29) is 12.5 Å². The molecule has 0 unspecified atom stereocenters. The molecule has 0 bridgehead atoms. The van der Waals surface area contributed by atoms with Crippen molar-refractivity contribution in [3.05, 3.63) is 29.3 Å². The maximum atomic E-state index is 12.0. The fourth-order valence-corrected chi connectivity index (χ4v) is 3.17. The molecule has 0 radical (unpaired) electrons. The van der Waals surface area contributed by atoms with Crippen LogP contribution < -0.4 is 0 Å². The molecule has 0 fully saturated rings. The van der Waals surface area contributed by atoms with E-state index in [0.717, 1.165) is 10.5 Å². The Kier molecular flexibility index (Phi) is 6.06.